The van der Waals surface area contributed by atoms with Crippen molar-refractivity contribution in [2.24, 2.45) is 0 Å². The lowest BCUT2D eigenvalue weighted by Gasteiger charge is -2.12. The van der Waals surface area contributed by atoms with E-state index in [1.54, 1.807) is 6.07 Å². The number of carbonyl (C=O) groups excluding carboxylic acids is 3. The molecule has 0 aliphatic heterocycles. The third kappa shape index (κ3) is 4.45. The molecule has 1 aliphatic carbocycles. The lowest BCUT2D eigenvalue weighted by Crippen LogP contribution is -2.42. The lowest BCUT2D eigenvalue weighted by molar-refractivity contribution is -0.122. The fourth-order valence-electron chi connectivity index (χ4n) is 1.67. The molecule has 2 rings (SSSR count). The van der Waals surface area contributed by atoms with Gasteiger partial charge in [0, 0.05) is 16.1 Å². The van der Waals surface area contributed by atoms with Crippen molar-refractivity contribution >= 4 is 34.2 Å². The molecule has 8 heteroatoms. The van der Waals surface area contributed by atoms with Crippen LogP contribution >= 0.6 is 15.9 Å². The maximum absolute atomic E-state index is 11.6. The van der Waals surface area contributed by atoms with Crippen molar-refractivity contribution in [3.63, 3.8) is 0 Å². The van der Waals surface area contributed by atoms with E-state index in [1.165, 1.54) is 13.2 Å². The summed E-state index contributed by atoms with van der Waals surface area (Å²) in [5.74, 6) is 0.0223. The summed E-state index contributed by atoms with van der Waals surface area (Å²) in [6, 6.07) is 2.65. The van der Waals surface area contributed by atoms with Crippen LogP contribution in [0.3, 0.4) is 0 Å². The van der Waals surface area contributed by atoms with Gasteiger partial charge in [-0.1, -0.05) is 0 Å². The highest BCUT2D eigenvalue weighted by atomic mass is 79.9. The van der Waals surface area contributed by atoms with E-state index >= 15 is 0 Å². The minimum atomic E-state index is -0.587. The van der Waals surface area contributed by atoms with E-state index in [-0.39, 0.29) is 18.4 Å². The summed E-state index contributed by atoms with van der Waals surface area (Å²) in [6.45, 7) is -0.367. The van der Waals surface area contributed by atoms with Gasteiger partial charge in [-0.3, -0.25) is 14.9 Å². The molecule has 1 fully saturated rings. The Hall–Kier alpha value is -2.09. The minimum absolute atomic E-state index is 0.162. The Bertz CT molecular complexity index is 601. The Morgan fingerprint density at radius 2 is 2.09 bits per heavy atom. The highest BCUT2D eigenvalue weighted by Gasteiger charge is 2.24. The zero-order chi connectivity index (χ0) is 16.1. The summed E-state index contributed by atoms with van der Waals surface area (Å²) in [5.41, 5.74) is 0.364. The van der Waals surface area contributed by atoms with Crippen molar-refractivity contribution in [3.8, 4) is 11.5 Å². The largest absolute Gasteiger partial charge is 0.493 e. The normalized spacial score (nSPS) is 13.2. The number of hydrogen-bond acceptors (Lipinski definition) is 5. The second kappa shape index (κ2) is 7.26. The highest BCUT2D eigenvalue weighted by Crippen LogP contribution is 2.32. The summed E-state index contributed by atoms with van der Waals surface area (Å²) >= 11 is 3.22. The molecule has 3 amide bonds. The van der Waals surface area contributed by atoms with Gasteiger partial charge in [-0.25, -0.2) is 4.79 Å². The van der Waals surface area contributed by atoms with Crippen molar-refractivity contribution in [2.75, 3.05) is 13.7 Å². The quantitative estimate of drug-likeness (QED) is 0.742. The second-order valence-electron chi connectivity index (χ2n) is 4.73. The molecule has 1 aromatic carbocycles. The van der Waals surface area contributed by atoms with Crippen LogP contribution in [0.25, 0.3) is 0 Å². The topological polar surface area (TPSA) is 93.7 Å². The van der Waals surface area contributed by atoms with Gasteiger partial charge in [-0.15, -0.1) is 0 Å². The van der Waals surface area contributed by atoms with E-state index in [9.17, 15) is 14.4 Å². The first-order valence-electron chi connectivity index (χ1n) is 6.59. The van der Waals surface area contributed by atoms with Gasteiger partial charge in [-0.2, -0.15) is 0 Å². The van der Waals surface area contributed by atoms with Gasteiger partial charge in [0.05, 0.1) is 7.11 Å². The fourth-order valence-corrected chi connectivity index (χ4v) is 2.08. The van der Waals surface area contributed by atoms with Crippen LogP contribution in [0.2, 0.25) is 0 Å². The van der Waals surface area contributed by atoms with Gasteiger partial charge in [0.2, 0.25) is 0 Å². The van der Waals surface area contributed by atoms with Crippen LogP contribution < -0.4 is 20.1 Å². The van der Waals surface area contributed by atoms with E-state index in [0.29, 0.717) is 22.1 Å². The molecule has 0 atom stereocenters. The maximum atomic E-state index is 11.6. The van der Waals surface area contributed by atoms with Crippen molar-refractivity contribution in [2.45, 2.75) is 18.9 Å². The first-order valence-corrected chi connectivity index (χ1v) is 7.38. The van der Waals surface area contributed by atoms with Crippen molar-refractivity contribution in [1.82, 2.24) is 10.6 Å². The Morgan fingerprint density at radius 1 is 1.36 bits per heavy atom. The molecule has 0 radical (unpaired) electrons. The van der Waals surface area contributed by atoms with Crippen LogP contribution in [0.5, 0.6) is 11.5 Å². The van der Waals surface area contributed by atoms with E-state index in [2.05, 4.69) is 26.6 Å². The third-order valence-electron chi connectivity index (χ3n) is 2.93. The zero-order valence-corrected chi connectivity index (χ0v) is 13.4. The first-order chi connectivity index (χ1) is 10.5. The lowest BCUT2D eigenvalue weighted by atomic mass is 10.2. The number of methoxy groups -OCH3 is 1. The van der Waals surface area contributed by atoms with Gasteiger partial charge in [0.25, 0.3) is 5.91 Å². The van der Waals surface area contributed by atoms with Gasteiger partial charge in [0.1, 0.15) is 0 Å². The molecule has 0 spiro atoms. The number of imide groups is 1. The molecule has 0 saturated heterocycles. The molecule has 0 aromatic heterocycles. The number of rotatable bonds is 6. The highest BCUT2D eigenvalue weighted by molar-refractivity contribution is 9.10. The SMILES string of the molecule is COc1cc(Br)c(C=O)cc1OCC(=O)NC(=O)NC1CC1. The van der Waals surface area contributed by atoms with Crippen molar-refractivity contribution in [3.05, 3.63) is 22.2 Å². The summed E-state index contributed by atoms with van der Waals surface area (Å²) in [4.78, 5) is 34.0. The number of amides is 3. The number of ether oxygens (including phenoxy) is 2. The van der Waals surface area contributed by atoms with Gasteiger partial charge in [0.15, 0.2) is 24.4 Å². The number of benzene rings is 1. The Kier molecular flexibility index (Phi) is 5.37. The molecule has 118 valence electrons. The summed E-state index contributed by atoms with van der Waals surface area (Å²) in [5, 5.41) is 4.79. The number of carbonyl (C=O) groups is 3. The molecular weight excluding hydrogens is 356 g/mol. The van der Waals surface area contributed by atoms with Crippen LogP contribution in [0.15, 0.2) is 16.6 Å². The van der Waals surface area contributed by atoms with Gasteiger partial charge >= 0.3 is 6.03 Å². The van der Waals surface area contributed by atoms with E-state index in [4.69, 9.17) is 9.47 Å². The zero-order valence-electron chi connectivity index (χ0n) is 11.8. The fraction of sp³-hybridized carbons (Fsp3) is 0.357. The Balaban J connectivity index is 1.93. The summed E-state index contributed by atoms with van der Waals surface area (Å²) < 4.78 is 11.0. The smallest absolute Gasteiger partial charge is 0.321 e. The van der Waals surface area contributed by atoms with Crippen molar-refractivity contribution < 1.29 is 23.9 Å². The van der Waals surface area contributed by atoms with Crippen LogP contribution in [0.4, 0.5) is 4.79 Å². The molecule has 0 unspecified atom stereocenters. The number of aldehydes is 1. The number of urea groups is 1. The molecule has 7 nitrogen and oxygen atoms in total. The standard InChI is InChI=1S/C14H15BrN2O5/c1-21-11-5-10(15)8(6-18)4-12(11)22-7-13(19)17-14(20)16-9-2-3-9/h4-6,9H,2-3,7H2,1H3,(H2,16,17,19,20). The van der Waals surface area contributed by atoms with Gasteiger partial charge < -0.3 is 14.8 Å². The minimum Gasteiger partial charge on any atom is -0.493 e. The Morgan fingerprint density at radius 3 is 2.68 bits per heavy atom. The molecule has 0 heterocycles. The molecule has 1 saturated carbocycles. The number of nitrogens with one attached hydrogen (secondary N) is 2. The molecule has 22 heavy (non-hydrogen) atoms. The average molecular weight is 371 g/mol. The predicted molar refractivity (Wildman–Crippen MR) is 81.3 cm³/mol. The van der Waals surface area contributed by atoms with E-state index in [0.717, 1.165) is 12.8 Å². The van der Waals surface area contributed by atoms with E-state index in [1.807, 2.05) is 0 Å². The summed E-state index contributed by atoms with van der Waals surface area (Å²) in [7, 11) is 1.44. The van der Waals surface area contributed by atoms with Crippen molar-refractivity contribution in [1.29, 1.82) is 0 Å². The molecule has 1 aromatic rings. The second-order valence-corrected chi connectivity index (χ2v) is 5.58. The molecule has 2 N–H and O–H groups in total. The van der Waals surface area contributed by atoms with Crippen LogP contribution in [0, 0.1) is 0 Å². The van der Waals surface area contributed by atoms with Crippen LogP contribution in [0.1, 0.15) is 23.2 Å². The molecular formula is C14H15BrN2O5. The van der Waals surface area contributed by atoms with Gasteiger partial charge in [-0.05, 0) is 40.9 Å². The average Bonchev–Trinajstić information content (AvgIpc) is 3.29. The predicted octanol–water partition coefficient (Wildman–Crippen LogP) is 1.64. The molecule has 0 bridgehead atoms. The summed E-state index contributed by atoms with van der Waals surface area (Å²) in [6.07, 6.45) is 2.52. The molecule has 1 aliphatic rings. The third-order valence-corrected chi connectivity index (χ3v) is 3.62. The van der Waals surface area contributed by atoms with Crippen LogP contribution in [-0.4, -0.2) is 38.0 Å². The maximum Gasteiger partial charge on any atom is 0.321 e. The van der Waals surface area contributed by atoms with E-state index < -0.39 is 11.9 Å². The first kappa shape index (κ1) is 16.3. The monoisotopic (exact) mass is 370 g/mol. The number of hydrogen-bond donors (Lipinski definition) is 2. The number of halogens is 1. The Labute approximate surface area is 135 Å². The van der Waals surface area contributed by atoms with Crippen LogP contribution in [-0.2, 0) is 4.79 Å².